The van der Waals surface area contributed by atoms with Crippen LogP contribution in [0.1, 0.15) is 37.0 Å². The van der Waals surface area contributed by atoms with E-state index in [1.807, 2.05) is 49.7 Å². The number of benzene rings is 1. The van der Waals surface area contributed by atoms with Crippen molar-refractivity contribution >= 4 is 23.3 Å². The molecule has 5 heteroatoms. The van der Waals surface area contributed by atoms with Crippen molar-refractivity contribution in [2.45, 2.75) is 40.3 Å². The summed E-state index contributed by atoms with van der Waals surface area (Å²) in [5.74, 6) is 1.20. The van der Waals surface area contributed by atoms with Crippen LogP contribution in [0.2, 0.25) is 0 Å². The molecule has 1 aromatic heterocycles. The average molecular weight is 359 g/mol. The second-order valence-electron chi connectivity index (χ2n) is 6.49. The molecule has 0 aliphatic heterocycles. The lowest BCUT2D eigenvalue weighted by Gasteiger charge is -2.26. The van der Waals surface area contributed by atoms with Crippen LogP contribution in [0.15, 0.2) is 35.7 Å². The molecule has 0 saturated heterocycles. The highest BCUT2D eigenvalue weighted by atomic mass is 32.1. The van der Waals surface area contributed by atoms with Gasteiger partial charge in [-0.25, -0.2) is 4.98 Å². The van der Waals surface area contributed by atoms with Gasteiger partial charge in [-0.1, -0.05) is 26.0 Å². The summed E-state index contributed by atoms with van der Waals surface area (Å²) >= 11 is 1.62. The third-order valence-electron chi connectivity index (χ3n) is 4.25. The Labute approximate surface area is 154 Å². The quantitative estimate of drug-likeness (QED) is 0.682. The molecule has 2 rings (SSSR count). The molecule has 25 heavy (non-hydrogen) atoms. The van der Waals surface area contributed by atoms with E-state index in [1.54, 1.807) is 22.3 Å². The van der Waals surface area contributed by atoms with Crippen molar-refractivity contribution in [1.82, 2.24) is 9.88 Å². The number of nitrogens with zero attached hydrogens (tertiary/aromatic N) is 2. The van der Waals surface area contributed by atoms with Crippen LogP contribution in [0.4, 0.5) is 0 Å². The summed E-state index contributed by atoms with van der Waals surface area (Å²) in [6, 6.07) is 7.91. The van der Waals surface area contributed by atoms with Crippen molar-refractivity contribution < 1.29 is 9.53 Å². The summed E-state index contributed by atoms with van der Waals surface area (Å²) < 4.78 is 5.78. The fraction of sp³-hybridized carbons (Fsp3) is 0.400. The fourth-order valence-electron chi connectivity index (χ4n) is 2.27. The van der Waals surface area contributed by atoms with Gasteiger partial charge in [0.25, 0.3) is 0 Å². The number of hydrogen-bond donors (Lipinski definition) is 0. The first-order valence-electron chi connectivity index (χ1n) is 8.45. The first-order valence-corrected chi connectivity index (χ1v) is 9.33. The highest BCUT2D eigenvalue weighted by Crippen LogP contribution is 2.17. The predicted molar refractivity (Wildman–Crippen MR) is 104 cm³/mol. The van der Waals surface area contributed by atoms with Gasteiger partial charge >= 0.3 is 0 Å². The number of amides is 1. The van der Waals surface area contributed by atoms with Crippen LogP contribution in [0, 0.1) is 12.8 Å². The number of ether oxygens (including phenoxy) is 1. The van der Waals surface area contributed by atoms with Gasteiger partial charge in [-0.05, 0) is 43.5 Å². The number of aromatic nitrogens is 1. The molecule has 0 N–H and O–H groups in total. The molecule has 134 valence electrons. The summed E-state index contributed by atoms with van der Waals surface area (Å²) in [4.78, 5) is 18.4. The molecule has 1 atom stereocenters. The number of carbonyl (C=O) groups excluding carboxylic acids is 1. The Hall–Kier alpha value is -2.14. The van der Waals surface area contributed by atoms with E-state index in [4.69, 9.17) is 4.74 Å². The van der Waals surface area contributed by atoms with Crippen molar-refractivity contribution in [2.75, 3.05) is 7.05 Å². The third kappa shape index (κ3) is 5.71. The van der Waals surface area contributed by atoms with Crippen LogP contribution in [0.3, 0.4) is 0 Å². The monoisotopic (exact) mass is 358 g/mol. The van der Waals surface area contributed by atoms with E-state index < -0.39 is 0 Å². The van der Waals surface area contributed by atoms with E-state index in [0.29, 0.717) is 12.5 Å². The van der Waals surface area contributed by atoms with Gasteiger partial charge in [0.2, 0.25) is 5.91 Å². The Morgan fingerprint density at radius 1 is 1.36 bits per heavy atom. The maximum absolute atomic E-state index is 12.3. The molecule has 1 amide bonds. The minimum absolute atomic E-state index is 0.00506. The Morgan fingerprint density at radius 2 is 2.12 bits per heavy atom. The van der Waals surface area contributed by atoms with E-state index in [0.717, 1.165) is 22.0 Å². The lowest BCUT2D eigenvalue weighted by atomic mass is 10.1. The Morgan fingerprint density at radius 3 is 2.76 bits per heavy atom. The van der Waals surface area contributed by atoms with Gasteiger partial charge in [0.1, 0.15) is 12.4 Å². The van der Waals surface area contributed by atoms with Crippen LogP contribution in [0.5, 0.6) is 5.75 Å². The zero-order chi connectivity index (χ0) is 18.4. The molecule has 1 unspecified atom stereocenters. The van der Waals surface area contributed by atoms with Crippen molar-refractivity contribution in [1.29, 1.82) is 0 Å². The van der Waals surface area contributed by atoms with Crippen molar-refractivity contribution in [3.63, 3.8) is 0 Å². The van der Waals surface area contributed by atoms with Crippen LogP contribution < -0.4 is 4.74 Å². The fourth-order valence-corrected chi connectivity index (χ4v) is 2.87. The molecule has 4 nitrogen and oxygen atoms in total. The molecule has 0 radical (unpaired) electrons. The van der Waals surface area contributed by atoms with Gasteiger partial charge < -0.3 is 9.64 Å². The molecule has 1 heterocycles. The molecular formula is C20H26N2O2S. The number of thiazole rings is 1. The summed E-state index contributed by atoms with van der Waals surface area (Å²) in [7, 11) is 1.84. The Kier molecular flexibility index (Phi) is 6.76. The molecule has 0 aliphatic rings. The smallest absolute Gasteiger partial charge is 0.246 e. The Bertz CT molecular complexity index is 737. The molecular weight excluding hydrogens is 332 g/mol. The zero-order valence-corrected chi connectivity index (χ0v) is 16.3. The second kappa shape index (κ2) is 8.81. The number of carbonyl (C=O) groups is 1. The third-order valence-corrected chi connectivity index (χ3v) is 5.08. The maximum atomic E-state index is 12.3. The Balaban J connectivity index is 1.97. The largest absolute Gasteiger partial charge is 0.487 e. The second-order valence-corrected chi connectivity index (χ2v) is 7.55. The first kappa shape index (κ1) is 19.2. The molecule has 0 aliphatic carbocycles. The lowest BCUT2D eigenvalue weighted by Crippen LogP contribution is -2.37. The first-order chi connectivity index (χ1) is 11.9. The van der Waals surface area contributed by atoms with Gasteiger partial charge in [-0.3, -0.25) is 4.79 Å². The van der Waals surface area contributed by atoms with Gasteiger partial charge in [-0.2, -0.15) is 0 Å². The zero-order valence-electron chi connectivity index (χ0n) is 15.5. The highest BCUT2D eigenvalue weighted by molar-refractivity contribution is 7.09. The highest BCUT2D eigenvalue weighted by Gasteiger charge is 2.16. The SMILES string of the molecule is Cc1nc(COc2cccc(/C=C/C(=O)N(C)C(C)C(C)C)c2)cs1. The van der Waals surface area contributed by atoms with E-state index in [-0.39, 0.29) is 11.9 Å². The minimum Gasteiger partial charge on any atom is -0.487 e. The van der Waals surface area contributed by atoms with Crippen molar-refractivity contribution in [3.8, 4) is 5.75 Å². The van der Waals surface area contributed by atoms with Crippen LogP contribution in [-0.2, 0) is 11.4 Å². The number of rotatable bonds is 7. The van der Waals surface area contributed by atoms with E-state index in [1.165, 1.54) is 0 Å². The molecule has 0 spiro atoms. The number of likely N-dealkylation sites (N-methyl/N-ethyl adjacent to an activating group) is 1. The molecule has 1 aromatic carbocycles. The maximum Gasteiger partial charge on any atom is 0.246 e. The summed E-state index contributed by atoms with van der Waals surface area (Å²) in [5.41, 5.74) is 1.87. The summed E-state index contributed by atoms with van der Waals surface area (Å²) in [6.07, 6.45) is 3.44. The summed E-state index contributed by atoms with van der Waals surface area (Å²) in [5, 5.41) is 3.04. The molecule has 0 saturated carbocycles. The van der Waals surface area contributed by atoms with E-state index in [2.05, 4.69) is 25.8 Å². The number of hydrogen-bond acceptors (Lipinski definition) is 4. The summed E-state index contributed by atoms with van der Waals surface area (Å²) in [6.45, 7) is 8.72. The van der Waals surface area contributed by atoms with Gasteiger partial charge in [0, 0.05) is 24.5 Å². The van der Waals surface area contributed by atoms with Crippen LogP contribution >= 0.6 is 11.3 Å². The molecule has 2 aromatic rings. The van der Waals surface area contributed by atoms with Crippen molar-refractivity contribution in [3.05, 3.63) is 52.0 Å². The van der Waals surface area contributed by atoms with Crippen LogP contribution in [-0.4, -0.2) is 28.9 Å². The lowest BCUT2D eigenvalue weighted by molar-refractivity contribution is -0.127. The van der Waals surface area contributed by atoms with Gasteiger partial charge in [-0.15, -0.1) is 11.3 Å². The van der Waals surface area contributed by atoms with Gasteiger partial charge in [0.15, 0.2) is 0 Å². The van der Waals surface area contributed by atoms with E-state index in [9.17, 15) is 4.79 Å². The predicted octanol–water partition coefficient (Wildman–Crippen LogP) is 4.55. The average Bonchev–Trinajstić information content (AvgIpc) is 3.02. The normalized spacial score (nSPS) is 12.6. The van der Waals surface area contributed by atoms with Crippen molar-refractivity contribution in [2.24, 2.45) is 5.92 Å². The number of aryl methyl sites for hydroxylation is 1. The van der Waals surface area contributed by atoms with Gasteiger partial charge in [0.05, 0.1) is 10.7 Å². The molecule has 0 bridgehead atoms. The van der Waals surface area contributed by atoms with E-state index >= 15 is 0 Å². The van der Waals surface area contributed by atoms with Crippen LogP contribution in [0.25, 0.3) is 6.08 Å². The molecule has 0 fully saturated rings. The standard InChI is InChI=1S/C20H26N2O2S/c1-14(2)15(3)22(5)20(23)10-9-17-7-6-8-19(11-17)24-12-18-13-25-16(4)21-18/h6-11,13-15H,12H2,1-5H3/b10-9+. The topological polar surface area (TPSA) is 42.4 Å². The minimum atomic E-state index is 0.00506.